The Balaban J connectivity index is 2.68. The van der Waals surface area contributed by atoms with Gasteiger partial charge in [0.05, 0.1) is 13.7 Å². The van der Waals surface area contributed by atoms with Gasteiger partial charge in [0, 0.05) is 7.11 Å². The van der Waals surface area contributed by atoms with Crippen molar-refractivity contribution in [1.29, 1.82) is 0 Å². The Kier molecular flexibility index (Phi) is 3.61. The van der Waals surface area contributed by atoms with E-state index in [2.05, 4.69) is 6.07 Å². The maximum Gasteiger partial charge on any atom is 0.122 e. The SMILES string of the molecule is COCCc1c[c]ccc1OC. The lowest BCUT2D eigenvalue weighted by Crippen LogP contribution is -1.97. The van der Waals surface area contributed by atoms with Gasteiger partial charge in [-0.25, -0.2) is 0 Å². The summed E-state index contributed by atoms with van der Waals surface area (Å²) >= 11 is 0. The van der Waals surface area contributed by atoms with Crippen LogP contribution in [0, 0.1) is 6.07 Å². The third kappa shape index (κ3) is 2.24. The monoisotopic (exact) mass is 165 g/mol. The van der Waals surface area contributed by atoms with E-state index in [1.54, 1.807) is 14.2 Å². The van der Waals surface area contributed by atoms with Crippen LogP contribution in [-0.2, 0) is 11.2 Å². The van der Waals surface area contributed by atoms with Gasteiger partial charge < -0.3 is 9.47 Å². The van der Waals surface area contributed by atoms with Gasteiger partial charge in [-0.15, -0.1) is 0 Å². The standard InChI is InChI=1S/C10H13O2/c1-11-8-7-9-5-3-4-6-10(9)12-2/h4-6H,7-8H2,1-2H3. The Hall–Kier alpha value is -1.02. The van der Waals surface area contributed by atoms with Crippen LogP contribution in [0.5, 0.6) is 5.75 Å². The van der Waals surface area contributed by atoms with Gasteiger partial charge in [0.1, 0.15) is 5.75 Å². The fraction of sp³-hybridized carbons (Fsp3) is 0.400. The predicted molar refractivity (Wildman–Crippen MR) is 47.4 cm³/mol. The summed E-state index contributed by atoms with van der Waals surface area (Å²) in [5.74, 6) is 0.908. The lowest BCUT2D eigenvalue weighted by atomic mass is 10.1. The van der Waals surface area contributed by atoms with E-state index in [4.69, 9.17) is 9.47 Å². The van der Waals surface area contributed by atoms with Gasteiger partial charge in [-0.2, -0.15) is 0 Å². The molecule has 0 fully saturated rings. The molecular formula is C10H13O2. The fourth-order valence-corrected chi connectivity index (χ4v) is 1.06. The Labute approximate surface area is 73.1 Å². The largest absolute Gasteiger partial charge is 0.496 e. The molecule has 0 atom stereocenters. The Morgan fingerprint density at radius 1 is 1.42 bits per heavy atom. The number of hydrogen-bond acceptors (Lipinski definition) is 2. The molecule has 12 heavy (non-hydrogen) atoms. The summed E-state index contributed by atoms with van der Waals surface area (Å²) < 4.78 is 10.1. The van der Waals surface area contributed by atoms with Crippen molar-refractivity contribution in [2.24, 2.45) is 0 Å². The van der Waals surface area contributed by atoms with Crippen LogP contribution in [-0.4, -0.2) is 20.8 Å². The number of methoxy groups -OCH3 is 2. The average molecular weight is 165 g/mol. The Bertz CT molecular complexity index is 233. The van der Waals surface area contributed by atoms with Crippen molar-refractivity contribution >= 4 is 0 Å². The van der Waals surface area contributed by atoms with E-state index in [9.17, 15) is 0 Å². The van der Waals surface area contributed by atoms with Crippen LogP contribution in [0.15, 0.2) is 18.2 Å². The summed E-state index contributed by atoms with van der Waals surface area (Å²) in [7, 11) is 3.37. The van der Waals surface area contributed by atoms with Crippen LogP contribution in [0.3, 0.4) is 0 Å². The molecule has 1 rings (SSSR count). The van der Waals surface area contributed by atoms with Crippen molar-refractivity contribution in [2.45, 2.75) is 6.42 Å². The average Bonchev–Trinajstić information content (AvgIpc) is 2.15. The van der Waals surface area contributed by atoms with Gasteiger partial charge in [0.15, 0.2) is 0 Å². The first-order valence-corrected chi connectivity index (χ1v) is 3.90. The first kappa shape index (κ1) is 9.07. The smallest absolute Gasteiger partial charge is 0.122 e. The minimum atomic E-state index is 0.716. The van der Waals surface area contributed by atoms with Crippen LogP contribution in [0.1, 0.15) is 5.56 Å². The summed E-state index contributed by atoms with van der Waals surface area (Å²) in [5, 5.41) is 0. The van der Waals surface area contributed by atoms with Gasteiger partial charge in [-0.3, -0.25) is 0 Å². The molecule has 65 valence electrons. The second kappa shape index (κ2) is 4.78. The summed E-state index contributed by atoms with van der Waals surface area (Å²) in [4.78, 5) is 0. The van der Waals surface area contributed by atoms with E-state index in [1.807, 2.05) is 18.2 Å². The van der Waals surface area contributed by atoms with Gasteiger partial charge in [0.2, 0.25) is 0 Å². The molecule has 0 aromatic heterocycles. The molecule has 0 saturated carbocycles. The molecule has 2 heteroatoms. The third-order valence-corrected chi connectivity index (χ3v) is 1.70. The molecule has 0 aliphatic carbocycles. The van der Waals surface area contributed by atoms with Gasteiger partial charge >= 0.3 is 0 Å². The number of rotatable bonds is 4. The van der Waals surface area contributed by atoms with Crippen molar-refractivity contribution in [2.75, 3.05) is 20.8 Å². The molecule has 0 heterocycles. The molecule has 0 unspecified atom stereocenters. The lowest BCUT2D eigenvalue weighted by Gasteiger charge is -2.06. The van der Waals surface area contributed by atoms with Crippen molar-refractivity contribution < 1.29 is 9.47 Å². The summed E-state index contributed by atoms with van der Waals surface area (Å²) in [6.45, 7) is 0.716. The third-order valence-electron chi connectivity index (χ3n) is 1.70. The molecule has 0 saturated heterocycles. The molecule has 1 aromatic rings. The molecule has 0 bridgehead atoms. The minimum absolute atomic E-state index is 0.716. The normalized spacial score (nSPS) is 9.83. The van der Waals surface area contributed by atoms with E-state index < -0.39 is 0 Å². The lowest BCUT2D eigenvalue weighted by molar-refractivity contribution is 0.201. The molecule has 0 amide bonds. The van der Waals surface area contributed by atoms with Crippen molar-refractivity contribution in [3.63, 3.8) is 0 Å². The summed E-state index contributed by atoms with van der Waals surface area (Å²) in [5.41, 5.74) is 1.14. The molecule has 2 nitrogen and oxygen atoms in total. The second-order valence-electron chi connectivity index (χ2n) is 2.48. The highest BCUT2D eigenvalue weighted by atomic mass is 16.5. The summed E-state index contributed by atoms with van der Waals surface area (Å²) in [6.07, 6.45) is 0.872. The van der Waals surface area contributed by atoms with E-state index in [0.717, 1.165) is 17.7 Å². The molecule has 0 spiro atoms. The Morgan fingerprint density at radius 2 is 2.25 bits per heavy atom. The molecule has 0 aliphatic rings. The highest BCUT2D eigenvalue weighted by molar-refractivity contribution is 5.32. The van der Waals surface area contributed by atoms with Crippen LogP contribution >= 0.6 is 0 Å². The predicted octanol–water partition coefficient (Wildman–Crippen LogP) is 1.68. The van der Waals surface area contributed by atoms with Crippen molar-refractivity contribution in [3.8, 4) is 5.75 Å². The van der Waals surface area contributed by atoms with E-state index in [0.29, 0.717) is 6.61 Å². The number of ether oxygens (including phenoxy) is 2. The maximum absolute atomic E-state index is 5.17. The van der Waals surface area contributed by atoms with E-state index in [1.165, 1.54) is 0 Å². The van der Waals surface area contributed by atoms with Gasteiger partial charge in [-0.1, -0.05) is 6.07 Å². The zero-order valence-corrected chi connectivity index (χ0v) is 7.46. The van der Waals surface area contributed by atoms with Crippen LogP contribution in [0.25, 0.3) is 0 Å². The van der Waals surface area contributed by atoms with Crippen molar-refractivity contribution in [3.05, 3.63) is 29.8 Å². The maximum atomic E-state index is 5.17. The highest BCUT2D eigenvalue weighted by Crippen LogP contribution is 2.16. The second-order valence-corrected chi connectivity index (χ2v) is 2.48. The van der Waals surface area contributed by atoms with Crippen LogP contribution < -0.4 is 4.74 Å². The fourth-order valence-electron chi connectivity index (χ4n) is 1.06. The molecule has 0 N–H and O–H groups in total. The number of hydrogen-bond donors (Lipinski definition) is 0. The van der Waals surface area contributed by atoms with Gasteiger partial charge in [-0.05, 0) is 30.2 Å². The van der Waals surface area contributed by atoms with E-state index >= 15 is 0 Å². The zero-order chi connectivity index (χ0) is 8.81. The minimum Gasteiger partial charge on any atom is -0.496 e. The van der Waals surface area contributed by atoms with E-state index in [-0.39, 0.29) is 0 Å². The molecule has 1 aromatic carbocycles. The van der Waals surface area contributed by atoms with Crippen molar-refractivity contribution in [1.82, 2.24) is 0 Å². The summed E-state index contributed by atoms with van der Waals surface area (Å²) in [6, 6.07) is 8.69. The zero-order valence-electron chi connectivity index (χ0n) is 7.46. The first-order chi connectivity index (χ1) is 5.88. The van der Waals surface area contributed by atoms with Gasteiger partial charge in [0.25, 0.3) is 0 Å². The Morgan fingerprint density at radius 3 is 2.92 bits per heavy atom. The van der Waals surface area contributed by atoms with Crippen LogP contribution in [0.4, 0.5) is 0 Å². The first-order valence-electron chi connectivity index (χ1n) is 3.90. The highest BCUT2D eigenvalue weighted by Gasteiger charge is 1.99. The molecule has 0 aliphatic heterocycles. The molecular weight excluding hydrogens is 152 g/mol. The van der Waals surface area contributed by atoms with Crippen LogP contribution in [0.2, 0.25) is 0 Å². The number of benzene rings is 1. The molecule has 1 radical (unpaired) electrons. The quantitative estimate of drug-likeness (QED) is 0.675. The topological polar surface area (TPSA) is 18.5 Å².